The number of likely N-dealkylation sites (tertiary alicyclic amines) is 1. The number of hydrogen-bond donors (Lipinski definition) is 0. The van der Waals surface area contributed by atoms with Gasteiger partial charge in [-0.1, -0.05) is 6.92 Å². The van der Waals surface area contributed by atoms with E-state index in [1.807, 2.05) is 11.8 Å². The molecule has 14 heavy (non-hydrogen) atoms. The molecule has 3 nitrogen and oxygen atoms in total. The number of alkyl halides is 1. The molecule has 0 aromatic rings. The molecule has 82 valence electrons. The van der Waals surface area contributed by atoms with Gasteiger partial charge in [0, 0.05) is 26.1 Å². The van der Waals surface area contributed by atoms with Crippen LogP contribution < -0.4 is 0 Å². The first-order chi connectivity index (χ1) is 6.69. The molecule has 0 spiro atoms. The van der Waals surface area contributed by atoms with Crippen LogP contribution in [-0.4, -0.2) is 43.0 Å². The minimum Gasteiger partial charge on any atom is -0.384 e. The highest BCUT2D eigenvalue weighted by Gasteiger charge is 2.28. The average Bonchev–Trinajstić information content (AvgIpc) is 2.64. The van der Waals surface area contributed by atoms with Crippen LogP contribution in [0, 0.1) is 5.92 Å². The molecule has 1 aliphatic heterocycles. The van der Waals surface area contributed by atoms with Gasteiger partial charge in [-0.15, -0.1) is 11.6 Å². The van der Waals surface area contributed by atoms with Gasteiger partial charge < -0.3 is 9.64 Å². The Morgan fingerprint density at radius 2 is 2.43 bits per heavy atom. The molecule has 1 heterocycles. The zero-order valence-electron chi connectivity index (χ0n) is 8.83. The molecular weight excluding hydrogens is 202 g/mol. The van der Waals surface area contributed by atoms with E-state index in [4.69, 9.17) is 16.3 Å². The number of ether oxygens (including phenoxy) is 1. The number of methoxy groups -OCH3 is 1. The standard InChI is InChI=1S/C10H18ClNO2/c1-3-9(11)10(13)12-5-4-8(6-12)7-14-2/h8-9H,3-7H2,1-2H3/t8-,9+/m0/s1. The van der Waals surface area contributed by atoms with Crippen molar-refractivity contribution in [1.29, 1.82) is 0 Å². The smallest absolute Gasteiger partial charge is 0.240 e. The van der Waals surface area contributed by atoms with Gasteiger partial charge in [-0.05, 0) is 12.8 Å². The van der Waals surface area contributed by atoms with Crippen LogP contribution in [0.25, 0.3) is 0 Å². The molecule has 0 saturated carbocycles. The monoisotopic (exact) mass is 219 g/mol. The van der Waals surface area contributed by atoms with Crippen molar-refractivity contribution in [3.8, 4) is 0 Å². The predicted molar refractivity (Wildman–Crippen MR) is 56.5 cm³/mol. The zero-order chi connectivity index (χ0) is 10.6. The van der Waals surface area contributed by atoms with E-state index >= 15 is 0 Å². The second kappa shape index (κ2) is 5.56. The van der Waals surface area contributed by atoms with Crippen molar-refractivity contribution < 1.29 is 9.53 Å². The van der Waals surface area contributed by atoms with Crippen molar-refractivity contribution in [2.45, 2.75) is 25.1 Å². The maximum absolute atomic E-state index is 11.7. The number of amides is 1. The maximum Gasteiger partial charge on any atom is 0.240 e. The molecule has 1 saturated heterocycles. The second-order valence-corrected chi connectivity index (χ2v) is 4.30. The number of carbonyl (C=O) groups is 1. The highest BCUT2D eigenvalue weighted by molar-refractivity contribution is 6.30. The summed E-state index contributed by atoms with van der Waals surface area (Å²) in [6.07, 6.45) is 1.73. The summed E-state index contributed by atoms with van der Waals surface area (Å²) in [6, 6.07) is 0. The minimum atomic E-state index is -0.351. The van der Waals surface area contributed by atoms with E-state index in [9.17, 15) is 4.79 Å². The van der Waals surface area contributed by atoms with E-state index in [0.717, 1.165) is 26.1 Å². The zero-order valence-corrected chi connectivity index (χ0v) is 9.59. The summed E-state index contributed by atoms with van der Waals surface area (Å²) in [5.41, 5.74) is 0. The Kier molecular flexibility index (Phi) is 4.69. The van der Waals surface area contributed by atoms with Gasteiger partial charge in [0.2, 0.25) is 5.91 Å². The molecular formula is C10H18ClNO2. The summed E-state index contributed by atoms with van der Waals surface area (Å²) in [6.45, 7) is 4.30. The lowest BCUT2D eigenvalue weighted by atomic mass is 10.1. The predicted octanol–water partition coefficient (Wildman–Crippen LogP) is 1.50. The van der Waals surface area contributed by atoms with Crippen LogP contribution in [-0.2, 0) is 9.53 Å². The van der Waals surface area contributed by atoms with Gasteiger partial charge in [0.05, 0.1) is 6.61 Å². The Hall–Kier alpha value is -0.280. The van der Waals surface area contributed by atoms with Gasteiger partial charge in [0.25, 0.3) is 0 Å². The van der Waals surface area contributed by atoms with Crippen molar-refractivity contribution in [2.75, 3.05) is 26.8 Å². The summed E-state index contributed by atoms with van der Waals surface area (Å²) in [5, 5.41) is -0.351. The van der Waals surface area contributed by atoms with Gasteiger partial charge in [0.15, 0.2) is 0 Å². The summed E-state index contributed by atoms with van der Waals surface area (Å²) in [7, 11) is 1.70. The third-order valence-electron chi connectivity index (χ3n) is 2.63. The van der Waals surface area contributed by atoms with Gasteiger partial charge in [-0.3, -0.25) is 4.79 Å². The summed E-state index contributed by atoms with van der Waals surface area (Å²) in [5.74, 6) is 0.567. The molecule has 0 aromatic carbocycles. The first-order valence-corrected chi connectivity index (χ1v) is 5.54. The van der Waals surface area contributed by atoms with Crippen LogP contribution in [0.2, 0.25) is 0 Å². The number of hydrogen-bond acceptors (Lipinski definition) is 2. The molecule has 2 atom stereocenters. The molecule has 0 aliphatic carbocycles. The highest BCUT2D eigenvalue weighted by Crippen LogP contribution is 2.19. The lowest BCUT2D eigenvalue weighted by Gasteiger charge is -2.18. The Morgan fingerprint density at radius 3 is 3.00 bits per heavy atom. The van der Waals surface area contributed by atoms with E-state index in [0.29, 0.717) is 12.3 Å². The second-order valence-electron chi connectivity index (χ2n) is 3.77. The lowest BCUT2D eigenvalue weighted by Crippen LogP contribution is -2.35. The SMILES string of the molecule is CC[C@@H](Cl)C(=O)N1CC[C@H](COC)C1. The molecule has 1 aliphatic rings. The third-order valence-corrected chi connectivity index (χ3v) is 3.12. The van der Waals surface area contributed by atoms with Crippen LogP contribution in [0.3, 0.4) is 0 Å². The van der Waals surface area contributed by atoms with Crippen LogP contribution in [0.15, 0.2) is 0 Å². The van der Waals surface area contributed by atoms with Crippen molar-refractivity contribution in [1.82, 2.24) is 4.90 Å². The fourth-order valence-corrected chi connectivity index (χ4v) is 1.92. The Bertz CT molecular complexity index is 199. The normalized spacial score (nSPS) is 23.9. The molecule has 1 amide bonds. The molecule has 0 unspecified atom stereocenters. The van der Waals surface area contributed by atoms with Gasteiger partial charge in [-0.2, -0.15) is 0 Å². The van der Waals surface area contributed by atoms with Crippen LogP contribution >= 0.6 is 11.6 Å². The minimum absolute atomic E-state index is 0.0766. The average molecular weight is 220 g/mol. The molecule has 1 fully saturated rings. The van der Waals surface area contributed by atoms with E-state index in [-0.39, 0.29) is 11.3 Å². The number of carbonyl (C=O) groups excluding carboxylic acids is 1. The van der Waals surface area contributed by atoms with Crippen LogP contribution in [0.4, 0.5) is 0 Å². The topological polar surface area (TPSA) is 29.5 Å². The summed E-state index contributed by atoms with van der Waals surface area (Å²) >= 11 is 5.90. The lowest BCUT2D eigenvalue weighted by molar-refractivity contribution is -0.130. The quantitative estimate of drug-likeness (QED) is 0.671. The fraction of sp³-hybridized carbons (Fsp3) is 0.900. The van der Waals surface area contributed by atoms with E-state index < -0.39 is 0 Å². The van der Waals surface area contributed by atoms with E-state index in [1.54, 1.807) is 7.11 Å². The van der Waals surface area contributed by atoms with Gasteiger partial charge >= 0.3 is 0 Å². The third kappa shape index (κ3) is 2.85. The van der Waals surface area contributed by atoms with Crippen LogP contribution in [0.5, 0.6) is 0 Å². The fourth-order valence-electron chi connectivity index (χ4n) is 1.78. The first kappa shape index (κ1) is 11.8. The molecule has 0 aromatic heterocycles. The Balaban J connectivity index is 2.37. The Morgan fingerprint density at radius 1 is 1.71 bits per heavy atom. The largest absolute Gasteiger partial charge is 0.384 e. The van der Waals surface area contributed by atoms with E-state index in [1.165, 1.54) is 0 Å². The van der Waals surface area contributed by atoms with Crippen LogP contribution in [0.1, 0.15) is 19.8 Å². The molecule has 1 rings (SSSR count). The first-order valence-electron chi connectivity index (χ1n) is 5.10. The molecule has 0 radical (unpaired) electrons. The van der Waals surface area contributed by atoms with Crippen molar-refractivity contribution >= 4 is 17.5 Å². The van der Waals surface area contributed by atoms with E-state index in [2.05, 4.69) is 0 Å². The Labute approximate surface area is 90.4 Å². The summed E-state index contributed by atoms with van der Waals surface area (Å²) in [4.78, 5) is 13.5. The number of nitrogens with zero attached hydrogens (tertiary/aromatic N) is 1. The van der Waals surface area contributed by atoms with Crippen molar-refractivity contribution in [2.24, 2.45) is 5.92 Å². The molecule has 4 heteroatoms. The highest BCUT2D eigenvalue weighted by atomic mass is 35.5. The summed E-state index contributed by atoms with van der Waals surface area (Å²) < 4.78 is 5.07. The van der Waals surface area contributed by atoms with Gasteiger partial charge in [-0.25, -0.2) is 0 Å². The van der Waals surface area contributed by atoms with Gasteiger partial charge in [0.1, 0.15) is 5.38 Å². The van der Waals surface area contributed by atoms with Crippen molar-refractivity contribution in [3.63, 3.8) is 0 Å². The molecule has 0 bridgehead atoms. The van der Waals surface area contributed by atoms with Crippen molar-refractivity contribution in [3.05, 3.63) is 0 Å². The molecule has 0 N–H and O–H groups in total. The number of halogens is 1. The maximum atomic E-state index is 11.7. The number of rotatable bonds is 4.